The molecule has 1 atom stereocenters. The number of esters is 1. The molecule has 222 valence electrons. The van der Waals surface area contributed by atoms with Crippen molar-refractivity contribution >= 4 is 32.8 Å². The number of carbonyl (C=O) groups excluding carboxylic acids is 2. The van der Waals surface area contributed by atoms with Crippen molar-refractivity contribution in [2.24, 2.45) is 5.73 Å². The molecule has 9 nitrogen and oxygen atoms in total. The summed E-state index contributed by atoms with van der Waals surface area (Å²) in [5, 5.41) is 3.88. The molecule has 1 amide bonds. The van der Waals surface area contributed by atoms with Crippen LogP contribution in [0.25, 0.3) is 22.0 Å². The fourth-order valence-corrected chi connectivity index (χ4v) is 6.16. The summed E-state index contributed by atoms with van der Waals surface area (Å²) < 4.78 is 67.3. The van der Waals surface area contributed by atoms with Gasteiger partial charge in [-0.1, -0.05) is 24.3 Å². The second kappa shape index (κ2) is 12.2. The van der Waals surface area contributed by atoms with Gasteiger partial charge < -0.3 is 20.8 Å². The summed E-state index contributed by atoms with van der Waals surface area (Å²) in [4.78, 5) is 26.4. The minimum atomic E-state index is -5.02. The van der Waals surface area contributed by atoms with E-state index in [-0.39, 0.29) is 11.7 Å². The molecule has 1 fully saturated rings. The zero-order chi connectivity index (χ0) is 29.9. The van der Waals surface area contributed by atoms with Gasteiger partial charge in [0.1, 0.15) is 6.61 Å². The predicted octanol–water partition coefficient (Wildman–Crippen LogP) is 4.05. The molecule has 0 aliphatic carbocycles. The average molecular weight is 595 g/mol. The van der Waals surface area contributed by atoms with Crippen LogP contribution < -0.4 is 11.1 Å². The summed E-state index contributed by atoms with van der Waals surface area (Å²) in [6.07, 6.45) is -1.82. The normalized spacial score (nSPS) is 16.1. The molecular weight excluding hydrogens is 561 g/mol. The highest BCUT2D eigenvalue weighted by Crippen LogP contribution is 2.37. The number of primary amides is 1. The lowest BCUT2D eigenvalue weighted by Gasteiger charge is -2.31. The number of carbonyl (C=O) groups is 2. The number of amides is 1. The first-order chi connectivity index (χ1) is 19.3. The maximum atomic E-state index is 12.4. The molecule has 41 heavy (non-hydrogen) atoms. The zero-order valence-corrected chi connectivity index (χ0v) is 23.6. The van der Waals surface area contributed by atoms with Crippen LogP contribution in [0.5, 0.6) is 0 Å². The third kappa shape index (κ3) is 7.08. The summed E-state index contributed by atoms with van der Waals surface area (Å²) in [6, 6.07) is 10.7. The van der Waals surface area contributed by atoms with Gasteiger partial charge >= 0.3 is 12.1 Å². The fourth-order valence-electron chi connectivity index (χ4n) is 5.03. The molecule has 1 aliphatic rings. The number of nitrogens with two attached hydrogens (primary N) is 1. The quantitative estimate of drug-likeness (QED) is 0.303. The third-order valence-electron chi connectivity index (χ3n) is 7.38. The van der Waals surface area contributed by atoms with E-state index in [1.165, 1.54) is 4.31 Å². The number of aromatic amines is 1. The maximum Gasteiger partial charge on any atom is 0.490 e. The predicted molar refractivity (Wildman–Crippen MR) is 149 cm³/mol. The molecule has 13 heteroatoms. The van der Waals surface area contributed by atoms with Crippen LogP contribution >= 0.6 is 0 Å². The first-order valence-corrected chi connectivity index (χ1v) is 14.9. The van der Waals surface area contributed by atoms with Gasteiger partial charge in [0.05, 0.1) is 16.8 Å². The van der Waals surface area contributed by atoms with Crippen molar-refractivity contribution in [1.82, 2.24) is 14.6 Å². The van der Waals surface area contributed by atoms with Crippen molar-refractivity contribution in [3.63, 3.8) is 0 Å². The number of halogens is 3. The summed E-state index contributed by atoms with van der Waals surface area (Å²) in [6.45, 7) is 4.05. The highest BCUT2D eigenvalue weighted by atomic mass is 32.2. The number of rotatable bonds is 10. The summed E-state index contributed by atoms with van der Waals surface area (Å²) in [5.74, 6) is -2.60. The molecule has 3 aromatic rings. The molecule has 0 bridgehead atoms. The number of sulfonamides is 1. The van der Waals surface area contributed by atoms with Crippen LogP contribution in [0.4, 0.5) is 13.2 Å². The lowest BCUT2D eigenvalue weighted by molar-refractivity contribution is -0.200. The average Bonchev–Trinajstić information content (AvgIpc) is 3.38. The van der Waals surface area contributed by atoms with Crippen LogP contribution in [0.2, 0.25) is 0 Å². The number of fused-ring (bicyclic) bond motifs is 1. The molecule has 2 heterocycles. The molecule has 0 spiro atoms. The molecule has 0 unspecified atom stereocenters. The number of hydrogen-bond donors (Lipinski definition) is 3. The van der Waals surface area contributed by atoms with E-state index in [4.69, 9.17) is 5.73 Å². The number of ether oxygens (including phenoxy) is 1. The van der Waals surface area contributed by atoms with Gasteiger partial charge in [-0.25, -0.2) is 17.5 Å². The monoisotopic (exact) mass is 594 g/mol. The van der Waals surface area contributed by atoms with Crippen LogP contribution in [0.3, 0.4) is 0 Å². The number of nitrogens with one attached hydrogen (secondary N) is 2. The Balaban J connectivity index is 1.49. The fraction of sp³-hybridized carbons (Fsp3) is 0.429. The Morgan fingerprint density at radius 2 is 1.80 bits per heavy atom. The van der Waals surface area contributed by atoms with E-state index >= 15 is 0 Å². The van der Waals surface area contributed by atoms with Gasteiger partial charge in [-0.3, -0.25) is 4.79 Å². The Morgan fingerprint density at radius 1 is 1.15 bits per heavy atom. The van der Waals surface area contributed by atoms with E-state index in [9.17, 15) is 31.2 Å². The molecule has 1 saturated heterocycles. The SMILES string of the molecule is CCS(=O)(=O)N1CCC(c2c[nH]c3c(C(N)=O)cc(-c4ccc(CN[C@@H](C)COC(=O)C(F)(F)F)cc4)cc23)CC1. The van der Waals surface area contributed by atoms with Gasteiger partial charge in [-0.05, 0) is 67.0 Å². The summed E-state index contributed by atoms with van der Waals surface area (Å²) >= 11 is 0. The van der Waals surface area contributed by atoms with Crippen molar-refractivity contribution in [1.29, 1.82) is 0 Å². The highest BCUT2D eigenvalue weighted by Gasteiger charge is 2.41. The largest absolute Gasteiger partial charge is 0.490 e. The molecule has 4 rings (SSSR count). The van der Waals surface area contributed by atoms with Crippen molar-refractivity contribution in [3.8, 4) is 11.1 Å². The van der Waals surface area contributed by atoms with Crippen molar-refractivity contribution in [2.45, 2.75) is 51.4 Å². The van der Waals surface area contributed by atoms with Crippen molar-refractivity contribution in [3.05, 3.63) is 59.3 Å². The maximum absolute atomic E-state index is 12.4. The Morgan fingerprint density at radius 3 is 2.39 bits per heavy atom. The standard InChI is InChI=1S/C28H33F3N4O5S/c1-3-41(38,39)35-10-8-20(9-11-35)24-15-34-25-22(24)12-21(13-23(25)26(32)36)19-6-4-18(5-7-19)14-33-17(2)16-40-27(37)28(29,30)31/h4-7,12-13,15,17,20,33-34H,3,8-11,14,16H2,1-2H3,(H2,32,36)/t17-/m0/s1. The Labute approximate surface area is 236 Å². The van der Waals surface area contributed by atoms with Gasteiger partial charge in [0.25, 0.3) is 5.91 Å². The second-order valence-corrected chi connectivity index (χ2v) is 12.5. The smallest absolute Gasteiger partial charge is 0.457 e. The Hall–Kier alpha value is -3.42. The van der Waals surface area contributed by atoms with E-state index in [2.05, 4.69) is 15.0 Å². The molecule has 2 aromatic carbocycles. The van der Waals surface area contributed by atoms with Crippen LogP contribution in [-0.4, -0.2) is 67.3 Å². The molecular formula is C28H33F3N4O5S. The number of hydrogen-bond acceptors (Lipinski definition) is 6. The lowest BCUT2D eigenvalue weighted by Crippen LogP contribution is -2.38. The minimum Gasteiger partial charge on any atom is -0.457 e. The van der Waals surface area contributed by atoms with E-state index in [0.717, 1.165) is 27.6 Å². The highest BCUT2D eigenvalue weighted by molar-refractivity contribution is 7.89. The summed E-state index contributed by atoms with van der Waals surface area (Å²) in [5.41, 5.74) is 10.2. The van der Waals surface area contributed by atoms with Gasteiger partial charge in [0.2, 0.25) is 10.0 Å². The zero-order valence-electron chi connectivity index (χ0n) is 22.8. The number of alkyl halides is 3. The number of H-pyrrole nitrogens is 1. The molecule has 0 radical (unpaired) electrons. The van der Waals surface area contributed by atoms with E-state index < -0.39 is 40.7 Å². The Bertz CT molecular complexity index is 1510. The van der Waals surface area contributed by atoms with Gasteiger partial charge in [0, 0.05) is 37.3 Å². The van der Waals surface area contributed by atoms with Crippen LogP contribution in [0, 0.1) is 0 Å². The number of aromatic nitrogens is 1. The van der Waals surface area contributed by atoms with Crippen LogP contribution in [0.15, 0.2) is 42.6 Å². The number of benzene rings is 2. The number of nitrogens with zero attached hydrogens (tertiary/aromatic N) is 1. The van der Waals surface area contributed by atoms with Crippen molar-refractivity contribution in [2.75, 3.05) is 25.4 Å². The molecule has 1 aromatic heterocycles. The van der Waals surface area contributed by atoms with Crippen LogP contribution in [0.1, 0.15) is 54.1 Å². The Kier molecular flexibility index (Phi) is 9.10. The van der Waals surface area contributed by atoms with Gasteiger partial charge in [-0.2, -0.15) is 13.2 Å². The molecule has 1 aliphatic heterocycles. The van der Waals surface area contributed by atoms with Crippen LogP contribution in [-0.2, 0) is 26.1 Å². The van der Waals surface area contributed by atoms with E-state index in [1.54, 1.807) is 19.9 Å². The van der Waals surface area contributed by atoms with Crippen molar-refractivity contribution < 1.29 is 35.9 Å². The minimum absolute atomic E-state index is 0.0708. The lowest BCUT2D eigenvalue weighted by atomic mass is 9.88. The second-order valence-electron chi connectivity index (χ2n) is 10.2. The van der Waals surface area contributed by atoms with Gasteiger partial charge in [0.15, 0.2) is 0 Å². The molecule has 4 N–H and O–H groups in total. The summed E-state index contributed by atoms with van der Waals surface area (Å²) in [7, 11) is -3.24. The third-order valence-corrected chi connectivity index (χ3v) is 9.26. The topological polar surface area (TPSA) is 135 Å². The van der Waals surface area contributed by atoms with E-state index in [0.29, 0.717) is 43.6 Å². The first kappa shape index (κ1) is 30.5. The van der Waals surface area contributed by atoms with Gasteiger partial charge in [-0.15, -0.1) is 0 Å². The number of piperidine rings is 1. The molecule has 0 saturated carbocycles. The first-order valence-electron chi connectivity index (χ1n) is 13.3. The van der Waals surface area contributed by atoms with E-state index in [1.807, 2.05) is 36.5 Å².